The number of rotatable bonds is 4. The number of aromatic nitrogens is 2. The van der Waals surface area contributed by atoms with Crippen molar-refractivity contribution in [3.8, 4) is 0 Å². The highest BCUT2D eigenvalue weighted by atomic mass is 19.4. The van der Waals surface area contributed by atoms with Crippen LogP contribution in [0.2, 0.25) is 0 Å². The van der Waals surface area contributed by atoms with E-state index in [1.54, 1.807) is 0 Å². The number of hydrogen-bond donors (Lipinski definition) is 0. The van der Waals surface area contributed by atoms with Crippen molar-refractivity contribution in [2.24, 2.45) is 5.16 Å². The van der Waals surface area contributed by atoms with Gasteiger partial charge in [-0.05, 0) is 24.3 Å². The van der Waals surface area contributed by atoms with E-state index in [-0.39, 0.29) is 16.8 Å². The van der Waals surface area contributed by atoms with Gasteiger partial charge in [0.05, 0.1) is 11.7 Å². The molecule has 2 aromatic carbocycles. The van der Waals surface area contributed by atoms with Crippen molar-refractivity contribution in [3.63, 3.8) is 0 Å². The SMILES string of the molecule is CON=C(c1ccc2c(cnn2CC(F)(F)F)c1)c1ccc(F)cc1F. The Kier molecular flexibility index (Phi) is 4.62. The molecule has 1 aromatic heterocycles. The van der Waals surface area contributed by atoms with Gasteiger partial charge in [-0.3, -0.25) is 4.68 Å². The number of oxime groups is 1. The Hall–Kier alpha value is -2.97. The van der Waals surface area contributed by atoms with Crippen molar-refractivity contribution in [1.82, 2.24) is 9.78 Å². The third kappa shape index (κ3) is 3.66. The summed E-state index contributed by atoms with van der Waals surface area (Å²) < 4.78 is 65.8. The van der Waals surface area contributed by atoms with Crippen LogP contribution in [0.3, 0.4) is 0 Å². The molecule has 0 spiro atoms. The summed E-state index contributed by atoms with van der Waals surface area (Å²) in [5.74, 6) is -1.58. The number of hydrogen-bond acceptors (Lipinski definition) is 3. The van der Waals surface area contributed by atoms with Crippen LogP contribution in [0.5, 0.6) is 0 Å². The van der Waals surface area contributed by atoms with E-state index in [1.807, 2.05) is 0 Å². The van der Waals surface area contributed by atoms with Gasteiger partial charge in [-0.25, -0.2) is 8.78 Å². The molecular weight excluding hydrogens is 357 g/mol. The molecule has 0 unspecified atom stereocenters. The van der Waals surface area contributed by atoms with Gasteiger partial charge in [0.1, 0.15) is 31.0 Å². The topological polar surface area (TPSA) is 39.4 Å². The van der Waals surface area contributed by atoms with Gasteiger partial charge in [0, 0.05) is 22.6 Å². The first-order valence-corrected chi connectivity index (χ1v) is 7.38. The Morgan fingerprint density at radius 1 is 1.15 bits per heavy atom. The fourth-order valence-corrected chi connectivity index (χ4v) is 2.56. The molecule has 136 valence electrons. The van der Waals surface area contributed by atoms with E-state index >= 15 is 0 Å². The van der Waals surface area contributed by atoms with E-state index in [2.05, 4.69) is 10.3 Å². The fourth-order valence-electron chi connectivity index (χ4n) is 2.56. The van der Waals surface area contributed by atoms with Gasteiger partial charge in [0.2, 0.25) is 0 Å². The van der Waals surface area contributed by atoms with Crippen LogP contribution in [0.4, 0.5) is 22.0 Å². The summed E-state index contributed by atoms with van der Waals surface area (Å²) in [6.07, 6.45) is -3.13. The third-order valence-electron chi connectivity index (χ3n) is 3.61. The molecule has 0 N–H and O–H groups in total. The van der Waals surface area contributed by atoms with E-state index in [0.29, 0.717) is 17.0 Å². The van der Waals surface area contributed by atoms with Crippen molar-refractivity contribution < 1.29 is 26.8 Å². The summed E-state index contributed by atoms with van der Waals surface area (Å²) in [4.78, 5) is 4.74. The van der Waals surface area contributed by atoms with Gasteiger partial charge >= 0.3 is 6.18 Å². The number of benzene rings is 2. The van der Waals surface area contributed by atoms with Gasteiger partial charge in [0.15, 0.2) is 0 Å². The lowest BCUT2D eigenvalue weighted by Gasteiger charge is -2.09. The molecule has 0 fully saturated rings. The second-order valence-electron chi connectivity index (χ2n) is 5.44. The second kappa shape index (κ2) is 6.74. The van der Waals surface area contributed by atoms with E-state index in [0.717, 1.165) is 10.7 Å². The number of nitrogens with zero attached hydrogens (tertiary/aromatic N) is 3. The van der Waals surface area contributed by atoms with Crippen molar-refractivity contribution in [2.45, 2.75) is 12.7 Å². The number of halogens is 5. The van der Waals surface area contributed by atoms with Crippen LogP contribution >= 0.6 is 0 Å². The van der Waals surface area contributed by atoms with Crippen molar-refractivity contribution in [3.05, 3.63) is 65.4 Å². The molecule has 9 heteroatoms. The molecular formula is C17H12F5N3O. The molecule has 0 aliphatic rings. The predicted octanol–water partition coefficient (Wildman–Crippen LogP) is 4.28. The first-order valence-electron chi connectivity index (χ1n) is 7.38. The average molecular weight is 369 g/mol. The fraction of sp³-hybridized carbons (Fsp3) is 0.176. The Morgan fingerprint density at radius 2 is 1.92 bits per heavy atom. The van der Waals surface area contributed by atoms with E-state index in [4.69, 9.17) is 4.84 Å². The Bertz CT molecular complexity index is 978. The van der Waals surface area contributed by atoms with Gasteiger partial charge in [-0.1, -0.05) is 11.2 Å². The first kappa shape index (κ1) is 17.8. The van der Waals surface area contributed by atoms with E-state index in [1.165, 1.54) is 37.6 Å². The highest BCUT2D eigenvalue weighted by Gasteiger charge is 2.29. The molecule has 0 aliphatic heterocycles. The summed E-state index contributed by atoms with van der Waals surface area (Å²) >= 11 is 0. The lowest BCUT2D eigenvalue weighted by molar-refractivity contribution is -0.141. The van der Waals surface area contributed by atoms with Gasteiger partial charge in [-0.2, -0.15) is 18.3 Å². The molecule has 0 bridgehead atoms. The summed E-state index contributed by atoms with van der Waals surface area (Å²) in [5.41, 5.74) is 0.726. The Morgan fingerprint density at radius 3 is 2.58 bits per heavy atom. The molecule has 3 rings (SSSR count). The monoisotopic (exact) mass is 369 g/mol. The standard InChI is InChI=1S/C17H12F5N3O/c1-26-24-16(13-4-3-12(18)7-14(13)19)10-2-5-15-11(6-10)8-23-25(15)9-17(20,21)22/h2-8H,9H2,1H3. The largest absolute Gasteiger partial charge is 0.408 e. The zero-order chi connectivity index (χ0) is 18.9. The van der Waals surface area contributed by atoms with Crippen LogP contribution in [0, 0.1) is 11.6 Å². The molecule has 1 heterocycles. The van der Waals surface area contributed by atoms with Crippen LogP contribution in [0.1, 0.15) is 11.1 Å². The minimum Gasteiger partial charge on any atom is -0.399 e. The highest BCUT2D eigenvalue weighted by molar-refractivity contribution is 6.14. The summed E-state index contributed by atoms with van der Waals surface area (Å²) in [6.45, 7) is -1.22. The molecule has 0 amide bonds. The molecule has 0 saturated carbocycles. The average Bonchev–Trinajstić information content (AvgIpc) is 2.94. The summed E-state index contributed by atoms with van der Waals surface area (Å²) in [5, 5.41) is 7.92. The molecule has 3 aromatic rings. The first-order chi connectivity index (χ1) is 12.3. The van der Waals surface area contributed by atoms with Crippen molar-refractivity contribution in [2.75, 3.05) is 7.11 Å². The van der Waals surface area contributed by atoms with Crippen LogP contribution in [-0.4, -0.2) is 28.8 Å². The van der Waals surface area contributed by atoms with E-state index < -0.39 is 24.4 Å². The minimum absolute atomic E-state index is 0.00437. The van der Waals surface area contributed by atoms with Crippen LogP contribution in [0.15, 0.2) is 47.8 Å². The summed E-state index contributed by atoms with van der Waals surface area (Å²) in [6, 6.07) is 7.40. The van der Waals surface area contributed by atoms with Gasteiger partial charge < -0.3 is 4.84 Å². The lowest BCUT2D eigenvalue weighted by Crippen LogP contribution is -2.18. The van der Waals surface area contributed by atoms with Crippen molar-refractivity contribution >= 4 is 16.6 Å². The quantitative estimate of drug-likeness (QED) is 0.391. The predicted molar refractivity (Wildman–Crippen MR) is 84.8 cm³/mol. The zero-order valence-corrected chi connectivity index (χ0v) is 13.4. The number of alkyl halides is 3. The zero-order valence-electron chi connectivity index (χ0n) is 13.4. The normalized spacial score (nSPS) is 12.6. The van der Waals surface area contributed by atoms with Crippen LogP contribution in [0.25, 0.3) is 10.9 Å². The van der Waals surface area contributed by atoms with Crippen LogP contribution in [-0.2, 0) is 11.4 Å². The molecule has 0 atom stereocenters. The Balaban J connectivity index is 2.06. The smallest absolute Gasteiger partial charge is 0.399 e. The second-order valence-corrected chi connectivity index (χ2v) is 5.44. The molecule has 0 saturated heterocycles. The molecule has 0 radical (unpaired) electrons. The van der Waals surface area contributed by atoms with Crippen molar-refractivity contribution in [1.29, 1.82) is 0 Å². The molecule has 0 aliphatic carbocycles. The van der Waals surface area contributed by atoms with Gasteiger partial charge in [-0.15, -0.1) is 0 Å². The summed E-state index contributed by atoms with van der Waals surface area (Å²) in [7, 11) is 1.27. The maximum absolute atomic E-state index is 14.1. The molecule has 4 nitrogen and oxygen atoms in total. The lowest BCUT2D eigenvalue weighted by atomic mass is 10.0. The third-order valence-corrected chi connectivity index (χ3v) is 3.61. The highest BCUT2D eigenvalue weighted by Crippen LogP contribution is 2.24. The maximum atomic E-state index is 14.1. The van der Waals surface area contributed by atoms with Gasteiger partial charge in [0.25, 0.3) is 0 Å². The number of fused-ring (bicyclic) bond motifs is 1. The van der Waals surface area contributed by atoms with E-state index in [9.17, 15) is 22.0 Å². The Labute approximate surface area is 144 Å². The maximum Gasteiger partial charge on any atom is 0.408 e. The minimum atomic E-state index is -4.41. The molecule has 26 heavy (non-hydrogen) atoms. The van der Waals surface area contributed by atoms with Crippen LogP contribution < -0.4 is 0 Å².